The summed E-state index contributed by atoms with van der Waals surface area (Å²) in [4.78, 5) is 0. The second-order valence-electron chi connectivity index (χ2n) is 5.45. The molecule has 0 spiro atoms. The highest BCUT2D eigenvalue weighted by atomic mass is 79.9. The molecular weight excluding hydrogens is 302 g/mol. The van der Waals surface area contributed by atoms with Crippen molar-refractivity contribution in [3.63, 3.8) is 0 Å². The topological polar surface area (TPSA) is 21.3 Å². The predicted molar refractivity (Wildman–Crippen MR) is 85.8 cm³/mol. The molecule has 1 aromatic carbocycles. The first kappa shape index (κ1) is 16.5. The van der Waals surface area contributed by atoms with Crippen molar-refractivity contribution < 1.29 is 4.74 Å². The lowest BCUT2D eigenvalue weighted by molar-refractivity contribution is 0.236. The van der Waals surface area contributed by atoms with Crippen LogP contribution in [0.4, 0.5) is 0 Å². The molecule has 108 valence electrons. The summed E-state index contributed by atoms with van der Waals surface area (Å²) < 4.78 is 6.66. The van der Waals surface area contributed by atoms with E-state index in [2.05, 4.69) is 67.1 Å². The van der Waals surface area contributed by atoms with Crippen LogP contribution < -0.4 is 10.1 Å². The maximum atomic E-state index is 5.54. The van der Waals surface area contributed by atoms with E-state index in [0.717, 1.165) is 23.2 Å². The molecule has 0 bridgehead atoms. The van der Waals surface area contributed by atoms with Gasteiger partial charge in [-0.25, -0.2) is 0 Å². The zero-order chi connectivity index (χ0) is 14.5. The van der Waals surface area contributed by atoms with Crippen molar-refractivity contribution in [3.8, 4) is 5.75 Å². The SMILES string of the molecule is CCNC(c1ccc(OCC)cc1Br)C(C)(C)CC. The first-order valence-electron chi connectivity index (χ1n) is 7.11. The fraction of sp³-hybridized carbons (Fsp3) is 0.625. The van der Waals surface area contributed by atoms with Crippen molar-refractivity contribution in [1.29, 1.82) is 0 Å². The third-order valence-electron chi connectivity index (χ3n) is 3.69. The molecule has 0 aliphatic heterocycles. The van der Waals surface area contributed by atoms with E-state index in [0.29, 0.717) is 12.6 Å². The molecule has 0 saturated heterocycles. The third-order valence-corrected chi connectivity index (χ3v) is 4.38. The molecule has 0 aliphatic rings. The van der Waals surface area contributed by atoms with Crippen molar-refractivity contribution >= 4 is 15.9 Å². The lowest BCUT2D eigenvalue weighted by atomic mass is 9.78. The van der Waals surface area contributed by atoms with Crippen molar-refractivity contribution in [3.05, 3.63) is 28.2 Å². The summed E-state index contributed by atoms with van der Waals surface area (Å²) in [7, 11) is 0. The summed E-state index contributed by atoms with van der Waals surface area (Å²) in [6.45, 7) is 12.7. The van der Waals surface area contributed by atoms with Gasteiger partial charge in [-0.05, 0) is 43.0 Å². The van der Waals surface area contributed by atoms with Gasteiger partial charge < -0.3 is 10.1 Å². The van der Waals surface area contributed by atoms with Gasteiger partial charge in [0.25, 0.3) is 0 Å². The van der Waals surface area contributed by atoms with Crippen LogP contribution in [0.2, 0.25) is 0 Å². The maximum Gasteiger partial charge on any atom is 0.120 e. The molecule has 0 saturated carbocycles. The van der Waals surface area contributed by atoms with Crippen molar-refractivity contribution in [2.24, 2.45) is 5.41 Å². The largest absolute Gasteiger partial charge is 0.494 e. The highest BCUT2D eigenvalue weighted by molar-refractivity contribution is 9.10. The molecule has 0 heterocycles. The van der Waals surface area contributed by atoms with E-state index in [9.17, 15) is 0 Å². The second kappa shape index (κ2) is 7.30. The molecule has 1 aromatic rings. The van der Waals surface area contributed by atoms with E-state index in [4.69, 9.17) is 4.74 Å². The first-order chi connectivity index (χ1) is 8.96. The highest BCUT2D eigenvalue weighted by Gasteiger charge is 2.29. The lowest BCUT2D eigenvalue weighted by Crippen LogP contribution is -2.34. The van der Waals surface area contributed by atoms with Gasteiger partial charge >= 0.3 is 0 Å². The molecule has 0 radical (unpaired) electrons. The van der Waals surface area contributed by atoms with E-state index >= 15 is 0 Å². The fourth-order valence-electron chi connectivity index (χ4n) is 2.21. The van der Waals surface area contributed by atoms with Gasteiger partial charge in [0.1, 0.15) is 5.75 Å². The molecule has 0 amide bonds. The van der Waals surface area contributed by atoms with E-state index in [1.165, 1.54) is 5.56 Å². The van der Waals surface area contributed by atoms with Gasteiger partial charge in [0.15, 0.2) is 0 Å². The molecule has 19 heavy (non-hydrogen) atoms. The van der Waals surface area contributed by atoms with Gasteiger partial charge in [-0.3, -0.25) is 0 Å². The van der Waals surface area contributed by atoms with Gasteiger partial charge in [-0.1, -0.05) is 49.7 Å². The smallest absolute Gasteiger partial charge is 0.120 e. The Balaban J connectivity index is 3.09. The summed E-state index contributed by atoms with van der Waals surface area (Å²) in [5.41, 5.74) is 1.52. The number of benzene rings is 1. The molecule has 0 aliphatic carbocycles. The molecule has 3 heteroatoms. The van der Waals surface area contributed by atoms with Crippen LogP contribution in [0.5, 0.6) is 5.75 Å². The Morgan fingerprint density at radius 2 is 1.95 bits per heavy atom. The van der Waals surface area contributed by atoms with Crippen LogP contribution in [0.25, 0.3) is 0 Å². The van der Waals surface area contributed by atoms with Crippen molar-refractivity contribution in [1.82, 2.24) is 5.32 Å². The van der Waals surface area contributed by atoms with Gasteiger partial charge in [-0.2, -0.15) is 0 Å². The van der Waals surface area contributed by atoms with Gasteiger partial charge in [0.05, 0.1) is 6.61 Å². The monoisotopic (exact) mass is 327 g/mol. The van der Waals surface area contributed by atoms with E-state index in [-0.39, 0.29) is 5.41 Å². The summed E-state index contributed by atoms with van der Waals surface area (Å²) in [6.07, 6.45) is 1.13. The van der Waals surface area contributed by atoms with Crippen LogP contribution in [-0.2, 0) is 0 Å². The molecule has 0 aromatic heterocycles. The lowest BCUT2D eigenvalue weighted by Gasteiger charge is -2.35. The zero-order valence-corrected chi connectivity index (χ0v) is 14.3. The van der Waals surface area contributed by atoms with Gasteiger partial charge in [0.2, 0.25) is 0 Å². The molecule has 1 N–H and O–H groups in total. The van der Waals surface area contributed by atoms with Crippen LogP contribution >= 0.6 is 15.9 Å². The summed E-state index contributed by atoms with van der Waals surface area (Å²) in [6, 6.07) is 6.63. The highest BCUT2D eigenvalue weighted by Crippen LogP contribution is 2.40. The average molecular weight is 328 g/mol. The van der Waals surface area contributed by atoms with Gasteiger partial charge in [0, 0.05) is 10.5 Å². The average Bonchev–Trinajstić information content (AvgIpc) is 2.37. The van der Waals surface area contributed by atoms with Crippen LogP contribution in [0.3, 0.4) is 0 Å². The van der Waals surface area contributed by atoms with E-state index in [1.54, 1.807) is 0 Å². The molecule has 1 rings (SSSR count). The Hall–Kier alpha value is -0.540. The van der Waals surface area contributed by atoms with Crippen LogP contribution in [0, 0.1) is 5.41 Å². The Bertz CT molecular complexity index is 404. The summed E-state index contributed by atoms with van der Waals surface area (Å²) in [5.74, 6) is 0.919. The van der Waals surface area contributed by atoms with Crippen LogP contribution in [0.1, 0.15) is 52.6 Å². The molecule has 1 unspecified atom stereocenters. The predicted octanol–water partition coefficient (Wildman–Crippen LogP) is 4.93. The normalized spacial score (nSPS) is 13.4. The minimum Gasteiger partial charge on any atom is -0.494 e. The minimum absolute atomic E-state index is 0.214. The Kier molecular flexibility index (Phi) is 6.34. The summed E-state index contributed by atoms with van der Waals surface area (Å²) in [5, 5.41) is 3.61. The minimum atomic E-state index is 0.214. The number of halogens is 1. The maximum absolute atomic E-state index is 5.54. The van der Waals surface area contributed by atoms with E-state index in [1.807, 2.05) is 6.92 Å². The molecule has 2 nitrogen and oxygen atoms in total. The summed E-state index contributed by atoms with van der Waals surface area (Å²) >= 11 is 3.69. The fourth-order valence-corrected chi connectivity index (χ4v) is 2.80. The van der Waals surface area contributed by atoms with Crippen molar-refractivity contribution in [2.45, 2.75) is 47.1 Å². The zero-order valence-electron chi connectivity index (χ0n) is 12.7. The second-order valence-corrected chi connectivity index (χ2v) is 6.30. The Morgan fingerprint density at radius 1 is 1.26 bits per heavy atom. The Labute approximate surface area is 126 Å². The van der Waals surface area contributed by atoms with E-state index < -0.39 is 0 Å². The standard InChI is InChI=1S/C16H26BrNO/c1-6-16(4,5)15(18-7-2)13-10-9-12(19-8-3)11-14(13)17/h9-11,15,18H,6-8H2,1-5H3. The Morgan fingerprint density at radius 3 is 2.42 bits per heavy atom. The number of ether oxygens (including phenoxy) is 1. The number of nitrogens with one attached hydrogen (secondary N) is 1. The van der Waals surface area contributed by atoms with Crippen molar-refractivity contribution in [2.75, 3.05) is 13.2 Å². The van der Waals surface area contributed by atoms with Crippen LogP contribution in [0.15, 0.2) is 22.7 Å². The van der Waals surface area contributed by atoms with Gasteiger partial charge in [-0.15, -0.1) is 0 Å². The molecular formula is C16H26BrNO. The number of hydrogen-bond donors (Lipinski definition) is 1. The molecule has 1 atom stereocenters. The number of hydrogen-bond acceptors (Lipinski definition) is 2. The molecule has 0 fully saturated rings. The first-order valence-corrected chi connectivity index (χ1v) is 7.91. The number of rotatable bonds is 7. The third kappa shape index (κ3) is 4.22. The van der Waals surface area contributed by atoms with Crippen LogP contribution in [-0.4, -0.2) is 13.2 Å². The quantitative estimate of drug-likeness (QED) is 0.766.